The minimum atomic E-state index is -1.06. The third-order valence-electron chi connectivity index (χ3n) is 3.00. The van der Waals surface area contributed by atoms with Gasteiger partial charge in [0.25, 0.3) is 5.69 Å². The number of nitro groups is 1. The number of nitrogens with two attached hydrogens (primary N) is 1. The van der Waals surface area contributed by atoms with Crippen molar-refractivity contribution >= 4 is 28.9 Å². The van der Waals surface area contributed by atoms with Crippen LogP contribution >= 0.6 is 11.6 Å². The second-order valence-corrected chi connectivity index (χ2v) is 4.70. The van der Waals surface area contributed by atoms with E-state index in [-0.39, 0.29) is 27.7 Å². The summed E-state index contributed by atoms with van der Waals surface area (Å²) < 4.78 is 19.8. The van der Waals surface area contributed by atoms with Crippen LogP contribution in [-0.2, 0) is 4.74 Å². The monoisotopic (exact) mass is 338 g/mol. The molecule has 1 heterocycles. The Morgan fingerprint density at radius 1 is 1.57 bits per heavy atom. The molecule has 2 aromatic rings. The van der Waals surface area contributed by atoms with Crippen molar-refractivity contribution in [1.82, 2.24) is 4.57 Å². The summed E-state index contributed by atoms with van der Waals surface area (Å²) in [6.07, 6.45) is 1.09. The van der Waals surface area contributed by atoms with E-state index in [1.54, 1.807) is 6.07 Å². The number of halogens is 2. The van der Waals surface area contributed by atoms with Gasteiger partial charge in [0.05, 0.1) is 34.4 Å². The average Bonchev–Trinajstić information content (AvgIpc) is 2.82. The molecule has 0 aliphatic rings. The fourth-order valence-corrected chi connectivity index (χ4v) is 2.27. The van der Waals surface area contributed by atoms with Crippen molar-refractivity contribution in [3.05, 3.63) is 50.5 Å². The van der Waals surface area contributed by atoms with Gasteiger partial charge in [-0.25, -0.2) is 9.18 Å². The quantitative estimate of drug-likeness (QED) is 0.520. The second-order valence-electron chi connectivity index (χ2n) is 4.29. The van der Waals surface area contributed by atoms with Crippen LogP contribution in [0.1, 0.15) is 16.1 Å². The summed E-state index contributed by atoms with van der Waals surface area (Å²) in [5.41, 5.74) is 4.16. The molecule has 0 unspecified atom stereocenters. The number of methoxy groups -OCH3 is 1. The van der Waals surface area contributed by atoms with E-state index in [0.717, 1.165) is 23.9 Å². The lowest BCUT2D eigenvalue weighted by Crippen LogP contribution is -2.12. The van der Waals surface area contributed by atoms with Gasteiger partial charge in [-0.3, -0.25) is 10.1 Å². The van der Waals surface area contributed by atoms with E-state index in [9.17, 15) is 19.3 Å². The van der Waals surface area contributed by atoms with Crippen molar-refractivity contribution in [3.63, 3.8) is 0 Å². The van der Waals surface area contributed by atoms with Crippen LogP contribution in [0.4, 0.5) is 15.8 Å². The molecule has 23 heavy (non-hydrogen) atoms. The highest BCUT2D eigenvalue weighted by Gasteiger charge is 2.26. The number of nitro benzene ring substituents is 1. The van der Waals surface area contributed by atoms with Crippen molar-refractivity contribution < 1.29 is 18.8 Å². The third-order valence-corrected chi connectivity index (χ3v) is 3.29. The maximum Gasteiger partial charge on any atom is 0.357 e. The van der Waals surface area contributed by atoms with Crippen LogP contribution in [0.3, 0.4) is 0 Å². The number of aromatic nitrogens is 1. The van der Waals surface area contributed by atoms with Gasteiger partial charge in [0.1, 0.15) is 11.8 Å². The van der Waals surface area contributed by atoms with Gasteiger partial charge in [-0.1, -0.05) is 11.6 Å². The molecular weight excluding hydrogens is 331 g/mol. The molecule has 10 heteroatoms. The molecule has 0 amide bonds. The predicted molar refractivity (Wildman–Crippen MR) is 77.9 cm³/mol. The molecule has 1 aromatic heterocycles. The van der Waals surface area contributed by atoms with Crippen LogP contribution in [0.5, 0.6) is 0 Å². The summed E-state index contributed by atoms with van der Waals surface area (Å²) >= 11 is 5.90. The second kappa shape index (κ2) is 5.94. The maximum absolute atomic E-state index is 14.3. The Kier molecular flexibility index (Phi) is 4.20. The van der Waals surface area contributed by atoms with Crippen LogP contribution in [0.2, 0.25) is 5.02 Å². The Morgan fingerprint density at radius 2 is 2.22 bits per heavy atom. The summed E-state index contributed by atoms with van der Waals surface area (Å²) in [5.74, 6) is -1.98. The molecule has 0 bridgehead atoms. The molecule has 0 aliphatic carbocycles. The van der Waals surface area contributed by atoms with E-state index in [0.29, 0.717) is 6.07 Å². The lowest BCUT2D eigenvalue weighted by molar-refractivity contribution is -0.385. The van der Waals surface area contributed by atoms with Gasteiger partial charge in [0.2, 0.25) is 0 Å². The number of ether oxygens (including phenoxy) is 1. The molecule has 8 nitrogen and oxygen atoms in total. The molecule has 2 rings (SSSR count). The Bertz CT molecular complexity index is 849. The molecule has 1 aromatic carbocycles. The lowest BCUT2D eigenvalue weighted by Gasteiger charge is -2.11. The minimum Gasteiger partial charge on any atom is -0.464 e. The van der Waals surface area contributed by atoms with E-state index in [2.05, 4.69) is 4.74 Å². The number of non-ortho nitro benzene ring substituents is 1. The highest BCUT2D eigenvalue weighted by Crippen LogP contribution is 2.33. The first-order chi connectivity index (χ1) is 10.8. The number of nitrogen functional groups attached to an aromatic ring is 1. The van der Waals surface area contributed by atoms with Gasteiger partial charge in [0.15, 0.2) is 11.5 Å². The van der Waals surface area contributed by atoms with Crippen molar-refractivity contribution in [2.75, 3.05) is 12.8 Å². The first-order valence-electron chi connectivity index (χ1n) is 5.94. The van der Waals surface area contributed by atoms with E-state index < -0.39 is 22.4 Å². The van der Waals surface area contributed by atoms with Crippen molar-refractivity contribution in [2.24, 2.45) is 0 Å². The molecule has 0 saturated carbocycles. The van der Waals surface area contributed by atoms with Crippen LogP contribution in [0, 0.1) is 27.3 Å². The van der Waals surface area contributed by atoms with Gasteiger partial charge >= 0.3 is 5.97 Å². The number of anilines is 1. The van der Waals surface area contributed by atoms with E-state index in [1.807, 2.05) is 0 Å². The number of esters is 1. The zero-order valence-corrected chi connectivity index (χ0v) is 12.3. The predicted octanol–water partition coefficient (Wildman–Crippen LogP) is 2.42. The molecule has 0 aliphatic heterocycles. The number of hydrogen-bond donors (Lipinski definition) is 1. The molecule has 118 valence electrons. The van der Waals surface area contributed by atoms with Gasteiger partial charge in [0, 0.05) is 12.3 Å². The van der Waals surface area contributed by atoms with E-state index in [4.69, 9.17) is 22.6 Å². The van der Waals surface area contributed by atoms with Gasteiger partial charge in [-0.15, -0.1) is 0 Å². The molecule has 0 radical (unpaired) electrons. The zero-order valence-electron chi connectivity index (χ0n) is 11.5. The van der Waals surface area contributed by atoms with Crippen LogP contribution in [0.25, 0.3) is 5.69 Å². The first kappa shape index (κ1) is 16.3. The highest BCUT2D eigenvalue weighted by atomic mass is 35.5. The molecule has 0 saturated heterocycles. The van der Waals surface area contributed by atoms with Gasteiger partial charge < -0.3 is 15.0 Å². The maximum atomic E-state index is 14.3. The summed E-state index contributed by atoms with van der Waals surface area (Å²) in [6, 6.07) is 3.31. The molecular formula is C13H8ClFN4O4. The highest BCUT2D eigenvalue weighted by molar-refractivity contribution is 6.32. The first-order valence-corrected chi connectivity index (χ1v) is 6.32. The Balaban J connectivity index is 2.80. The number of rotatable bonds is 3. The Morgan fingerprint density at radius 3 is 2.70 bits per heavy atom. The number of carbonyl (C=O) groups excluding carboxylic acids is 1. The van der Waals surface area contributed by atoms with Gasteiger partial charge in [-0.05, 0) is 0 Å². The number of hydrogen-bond acceptors (Lipinski definition) is 6. The lowest BCUT2D eigenvalue weighted by atomic mass is 10.2. The molecule has 2 N–H and O–H groups in total. The summed E-state index contributed by atoms with van der Waals surface area (Å²) in [6.45, 7) is 0. The van der Waals surface area contributed by atoms with E-state index in [1.165, 1.54) is 0 Å². The fraction of sp³-hybridized carbons (Fsp3) is 0.0769. The van der Waals surface area contributed by atoms with Crippen molar-refractivity contribution in [3.8, 4) is 11.8 Å². The topological polar surface area (TPSA) is 124 Å². The molecule has 0 atom stereocenters. The number of nitrogens with zero attached hydrogens (tertiary/aromatic N) is 3. The van der Waals surface area contributed by atoms with E-state index >= 15 is 0 Å². The average molecular weight is 339 g/mol. The fourth-order valence-electron chi connectivity index (χ4n) is 1.98. The number of carbonyl (C=O) groups is 1. The number of nitriles is 1. The summed E-state index contributed by atoms with van der Waals surface area (Å²) in [4.78, 5) is 21.7. The summed E-state index contributed by atoms with van der Waals surface area (Å²) in [7, 11) is 1.08. The minimum absolute atomic E-state index is 0.0979. The SMILES string of the molecule is COC(=O)c1c(N)c(C#N)cn1-c1c(F)cc([N+](=O)[O-])cc1Cl. The zero-order chi connectivity index (χ0) is 17.3. The summed E-state index contributed by atoms with van der Waals surface area (Å²) in [5, 5.41) is 19.4. The standard InChI is InChI=1S/C13H8ClFN4O4/c1-23-13(20)12-10(17)6(4-16)5-18(12)11-8(14)2-7(19(21)22)3-9(11)15/h2-3,5H,17H2,1H3. The van der Waals surface area contributed by atoms with Crippen LogP contribution in [0.15, 0.2) is 18.3 Å². The normalized spacial score (nSPS) is 10.2. The number of benzene rings is 1. The van der Waals surface area contributed by atoms with Gasteiger partial charge in [-0.2, -0.15) is 5.26 Å². The molecule has 0 fully saturated rings. The van der Waals surface area contributed by atoms with Crippen LogP contribution < -0.4 is 5.73 Å². The van der Waals surface area contributed by atoms with Crippen molar-refractivity contribution in [2.45, 2.75) is 0 Å². The largest absolute Gasteiger partial charge is 0.464 e. The Labute approximate surface area is 133 Å². The molecule has 0 spiro atoms. The Hall–Kier alpha value is -3.12. The van der Waals surface area contributed by atoms with Crippen LogP contribution in [-0.4, -0.2) is 22.6 Å². The van der Waals surface area contributed by atoms with Crippen molar-refractivity contribution in [1.29, 1.82) is 5.26 Å². The smallest absolute Gasteiger partial charge is 0.357 e. The third kappa shape index (κ3) is 2.67.